The SMILES string of the molecule is CC1(C)c2ccc3cc2-c2cc(ccc21)N(c1ccc2c(c1)c1ccccc1n2-c1cccc2ccccc12)c1cccc(c1)-c1cccc(c1)N3c1ccc2ccccc2c1. The van der Waals surface area contributed by atoms with E-state index in [1.807, 2.05) is 0 Å². The molecule has 11 aromatic rings. The summed E-state index contributed by atoms with van der Waals surface area (Å²) in [6.45, 7) is 4.74. The number of hydrogen-bond donors (Lipinski definition) is 0. The molecule has 0 fully saturated rings. The third kappa shape index (κ3) is 5.12. The third-order valence-electron chi connectivity index (χ3n) is 13.6. The van der Waals surface area contributed by atoms with Crippen molar-refractivity contribution >= 4 is 77.5 Å². The van der Waals surface area contributed by atoms with Crippen LogP contribution in [-0.4, -0.2) is 4.57 Å². The Bertz CT molecular complexity index is 3640. The highest BCUT2D eigenvalue weighted by Gasteiger charge is 2.37. The maximum Gasteiger partial charge on any atom is 0.0542 e. The van der Waals surface area contributed by atoms with Crippen LogP contribution in [0.5, 0.6) is 0 Å². The molecule has 1 aliphatic heterocycles. The van der Waals surface area contributed by atoms with Crippen LogP contribution in [-0.2, 0) is 5.41 Å². The van der Waals surface area contributed by atoms with Gasteiger partial charge in [0.25, 0.3) is 0 Å². The molecule has 62 heavy (non-hydrogen) atoms. The molecule has 0 N–H and O–H groups in total. The second-order valence-electron chi connectivity index (χ2n) is 17.4. The highest BCUT2D eigenvalue weighted by atomic mass is 15.2. The van der Waals surface area contributed by atoms with Crippen molar-refractivity contribution in [2.24, 2.45) is 0 Å². The Morgan fingerprint density at radius 3 is 1.53 bits per heavy atom. The average molecular weight is 792 g/mol. The fourth-order valence-electron chi connectivity index (χ4n) is 10.6. The largest absolute Gasteiger partial charge is 0.310 e. The molecule has 3 heteroatoms. The second-order valence-corrected chi connectivity index (χ2v) is 17.4. The number of rotatable bonds is 3. The molecule has 0 spiro atoms. The van der Waals surface area contributed by atoms with Crippen LogP contribution in [0.2, 0.25) is 0 Å². The number of hydrogen-bond acceptors (Lipinski definition) is 2. The molecular weight excluding hydrogens is 751 g/mol. The van der Waals surface area contributed by atoms with Gasteiger partial charge in [-0.05, 0) is 141 Å². The summed E-state index contributed by atoms with van der Waals surface area (Å²) in [5.41, 5.74) is 17.8. The van der Waals surface area contributed by atoms with Gasteiger partial charge in [0.05, 0.1) is 16.7 Å². The molecule has 0 saturated carbocycles. The van der Waals surface area contributed by atoms with Gasteiger partial charge in [0, 0.05) is 55.7 Å². The molecule has 13 rings (SSSR count). The fourth-order valence-corrected chi connectivity index (χ4v) is 10.6. The van der Waals surface area contributed by atoms with Gasteiger partial charge in [-0.3, -0.25) is 0 Å². The zero-order valence-corrected chi connectivity index (χ0v) is 34.5. The van der Waals surface area contributed by atoms with E-state index in [2.05, 4.69) is 241 Å². The van der Waals surface area contributed by atoms with Gasteiger partial charge in [-0.2, -0.15) is 0 Å². The first kappa shape index (κ1) is 34.9. The monoisotopic (exact) mass is 791 g/mol. The smallest absolute Gasteiger partial charge is 0.0542 e. The van der Waals surface area contributed by atoms with Gasteiger partial charge in [-0.15, -0.1) is 0 Å². The van der Waals surface area contributed by atoms with Crippen molar-refractivity contribution in [1.29, 1.82) is 0 Å². The summed E-state index contributed by atoms with van der Waals surface area (Å²) in [5.74, 6) is 0. The molecular formula is C59H41N3. The van der Waals surface area contributed by atoms with E-state index in [1.54, 1.807) is 0 Å². The van der Waals surface area contributed by atoms with Crippen LogP contribution in [0, 0.1) is 0 Å². The van der Waals surface area contributed by atoms with Crippen LogP contribution in [0.3, 0.4) is 0 Å². The minimum atomic E-state index is -0.156. The van der Waals surface area contributed by atoms with Gasteiger partial charge in [-0.1, -0.05) is 135 Å². The molecule has 8 bridgehead atoms. The lowest BCUT2D eigenvalue weighted by Crippen LogP contribution is -2.16. The Labute approximate surface area is 361 Å². The van der Waals surface area contributed by atoms with Crippen molar-refractivity contribution in [3.63, 3.8) is 0 Å². The summed E-state index contributed by atoms with van der Waals surface area (Å²) in [7, 11) is 0. The quantitative estimate of drug-likeness (QED) is 0.177. The van der Waals surface area contributed by atoms with Gasteiger partial charge in [0.1, 0.15) is 0 Å². The first-order valence-corrected chi connectivity index (χ1v) is 21.6. The summed E-state index contributed by atoms with van der Waals surface area (Å²) >= 11 is 0. The summed E-state index contributed by atoms with van der Waals surface area (Å²) in [6, 6.07) is 79.0. The zero-order valence-electron chi connectivity index (χ0n) is 34.5. The molecule has 0 radical (unpaired) electrons. The number of para-hydroxylation sites is 1. The first-order chi connectivity index (χ1) is 30.5. The van der Waals surface area contributed by atoms with Crippen molar-refractivity contribution in [1.82, 2.24) is 4.57 Å². The van der Waals surface area contributed by atoms with Gasteiger partial charge in [0.15, 0.2) is 0 Å². The molecule has 0 atom stereocenters. The van der Waals surface area contributed by atoms with Crippen LogP contribution in [0.15, 0.2) is 212 Å². The normalized spacial score (nSPS) is 13.7. The van der Waals surface area contributed by atoms with Crippen molar-refractivity contribution in [3.8, 4) is 27.9 Å². The molecule has 3 nitrogen and oxygen atoms in total. The molecule has 0 saturated heterocycles. The molecule has 0 amide bonds. The number of aromatic nitrogens is 1. The lowest BCUT2D eigenvalue weighted by Gasteiger charge is -2.28. The topological polar surface area (TPSA) is 11.4 Å². The highest BCUT2D eigenvalue weighted by molar-refractivity contribution is 6.12. The number of nitrogens with zero attached hydrogens (tertiary/aromatic N) is 3. The number of benzene rings is 10. The van der Waals surface area contributed by atoms with E-state index in [-0.39, 0.29) is 5.41 Å². The Kier molecular flexibility index (Phi) is 7.36. The molecule has 292 valence electrons. The van der Waals surface area contributed by atoms with E-state index in [4.69, 9.17) is 0 Å². The van der Waals surface area contributed by atoms with Gasteiger partial charge in [0.2, 0.25) is 0 Å². The van der Waals surface area contributed by atoms with Crippen LogP contribution in [0.4, 0.5) is 34.1 Å². The molecule has 1 aromatic heterocycles. The van der Waals surface area contributed by atoms with E-state index >= 15 is 0 Å². The predicted molar refractivity (Wildman–Crippen MR) is 262 cm³/mol. The van der Waals surface area contributed by atoms with Crippen molar-refractivity contribution in [3.05, 3.63) is 223 Å². The maximum atomic E-state index is 2.46. The molecule has 2 aliphatic rings. The summed E-state index contributed by atoms with van der Waals surface area (Å²) in [6.07, 6.45) is 0. The van der Waals surface area contributed by atoms with Crippen LogP contribution in [0.25, 0.3) is 71.3 Å². The Morgan fingerprint density at radius 2 is 0.823 bits per heavy atom. The predicted octanol–water partition coefficient (Wildman–Crippen LogP) is 16.3. The highest BCUT2D eigenvalue weighted by Crippen LogP contribution is 2.53. The molecule has 10 aromatic carbocycles. The van der Waals surface area contributed by atoms with Crippen LogP contribution < -0.4 is 9.80 Å². The zero-order chi connectivity index (χ0) is 41.1. The molecule has 0 unspecified atom stereocenters. The van der Waals surface area contributed by atoms with Gasteiger partial charge >= 0.3 is 0 Å². The summed E-state index contributed by atoms with van der Waals surface area (Å²) < 4.78 is 2.44. The Hall–Kier alpha value is -7.88. The number of fused-ring (bicyclic) bond motifs is 12. The molecule has 1 aliphatic carbocycles. The maximum absolute atomic E-state index is 2.46. The van der Waals surface area contributed by atoms with E-state index in [0.717, 1.165) is 39.7 Å². The van der Waals surface area contributed by atoms with Gasteiger partial charge < -0.3 is 14.4 Å². The minimum absolute atomic E-state index is 0.156. The van der Waals surface area contributed by atoms with E-state index in [1.165, 1.54) is 76.9 Å². The lowest BCUT2D eigenvalue weighted by molar-refractivity contribution is 0.660. The third-order valence-corrected chi connectivity index (χ3v) is 13.6. The van der Waals surface area contributed by atoms with Crippen LogP contribution in [0.1, 0.15) is 25.0 Å². The average Bonchev–Trinajstić information content (AvgIpc) is 3.76. The summed E-state index contributed by atoms with van der Waals surface area (Å²) in [4.78, 5) is 4.88. The standard InChI is InChI=1S/C59H41N3/c1-59(2)54-29-26-46-35-51(54)52-36-47(27-30-55(52)59)61(44-19-10-17-42(34-44)41-16-9-18-43(33-41)60(46)45-25-24-38-12-3-4-14-40(38)32-45)48-28-31-58-53(37-48)50-21-7-8-22-57(50)62(58)56-23-11-15-39-13-5-6-20-49(39)56/h3-37H,1-2H3. The molecule has 2 heterocycles. The van der Waals surface area contributed by atoms with Crippen LogP contribution >= 0.6 is 0 Å². The first-order valence-electron chi connectivity index (χ1n) is 21.6. The Morgan fingerprint density at radius 1 is 0.323 bits per heavy atom. The fraction of sp³-hybridized carbons (Fsp3) is 0.0508. The van der Waals surface area contributed by atoms with Gasteiger partial charge in [-0.25, -0.2) is 0 Å². The Balaban J connectivity index is 1.05. The summed E-state index contributed by atoms with van der Waals surface area (Å²) in [5, 5.41) is 7.39. The van der Waals surface area contributed by atoms with Crippen molar-refractivity contribution in [2.45, 2.75) is 19.3 Å². The van der Waals surface area contributed by atoms with E-state index in [9.17, 15) is 0 Å². The van der Waals surface area contributed by atoms with Crippen molar-refractivity contribution in [2.75, 3.05) is 9.80 Å². The van der Waals surface area contributed by atoms with E-state index < -0.39 is 0 Å². The second kappa shape index (κ2) is 13.1. The van der Waals surface area contributed by atoms with E-state index in [0.29, 0.717) is 0 Å². The number of anilines is 6. The lowest BCUT2D eigenvalue weighted by atomic mass is 9.82. The minimum Gasteiger partial charge on any atom is -0.310 e. The van der Waals surface area contributed by atoms with Crippen molar-refractivity contribution < 1.29 is 0 Å².